The molecule has 3 aromatic carbocycles. The van der Waals surface area contributed by atoms with E-state index in [0.717, 1.165) is 17.0 Å². The molecule has 1 aliphatic rings. The molecule has 2 atom stereocenters. The van der Waals surface area contributed by atoms with Crippen LogP contribution in [0.2, 0.25) is 0 Å². The molecule has 0 saturated carbocycles. The van der Waals surface area contributed by atoms with Crippen LogP contribution in [0.5, 0.6) is 11.5 Å². The highest BCUT2D eigenvalue weighted by atomic mass is 16.5. The number of ketones is 1. The predicted octanol–water partition coefficient (Wildman–Crippen LogP) is 4.98. The second-order valence-corrected chi connectivity index (χ2v) is 9.43. The number of carbonyl (C=O) groups excluding carboxylic acids is 1. The number of anilines is 1. The van der Waals surface area contributed by atoms with Crippen LogP contribution >= 0.6 is 0 Å². The first-order chi connectivity index (χ1) is 17.3. The summed E-state index contributed by atoms with van der Waals surface area (Å²) in [4.78, 5) is 31.1. The molecule has 0 radical (unpaired) electrons. The lowest BCUT2D eigenvalue weighted by molar-refractivity contribution is -0.141. The van der Waals surface area contributed by atoms with Gasteiger partial charge in [-0.05, 0) is 73.5 Å². The van der Waals surface area contributed by atoms with E-state index >= 15 is 0 Å². The van der Waals surface area contributed by atoms with Crippen LogP contribution in [0, 0.1) is 6.92 Å². The van der Waals surface area contributed by atoms with Crippen molar-refractivity contribution in [3.05, 3.63) is 89.6 Å². The number of aromatic amines is 1. The predicted molar refractivity (Wildman–Crippen MR) is 138 cm³/mol. The highest BCUT2D eigenvalue weighted by molar-refractivity contribution is 6.18. The third-order valence-corrected chi connectivity index (χ3v) is 6.86. The van der Waals surface area contributed by atoms with Gasteiger partial charge >= 0.3 is 5.97 Å². The van der Waals surface area contributed by atoms with Crippen molar-refractivity contribution in [2.24, 2.45) is 0 Å². The molecule has 1 aromatic heterocycles. The van der Waals surface area contributed by atoms with Gasteiger partial charge in [0.1, 0.15) is 24.2 Å². The first-order valence-electron chi connectivity index (χ1n) is 11.8. The number of rotatable bonds is 7. The fourth-order valence-electron chi connectivity index (χ4n) is 4.77. The number of Topliss-reactive ketones (excluding diaryl/α,β-unsaturated/α-hetero) is 1. The Bertz CT molecular complexity index is 1440. The van der Waals surface area contributed by atoms with E-state index in [9.17, 15) is 14.7 Å². The number of hydrogen-bond acceptors (Lipinski definition) is 5. The highest BCUT2D eigenvalue weighted by Crippen LogP contribution is 2.35. The number of fused-ring (bicyclic) bond motifs is 2. The van der Waals surface area contributed by atoms with E-state index in [4.69, 9.17) is 9.47 Å². The topological polar surface area (TPSA) is 91.9 Å². The molecule has 184 valence electrons. The van der Waals surface area contributed by atoms with Crippen molar-refractivity contribution in [1.29, 1.82) is 0 Å². The number of nitrogens with one attached hydrogen (secondary N) is 1. The van der Waals surface area contributed by atoms with Gasteiger partial charge in [-0.15, -0.1) is 0 Å². The van der Waals surface area contributed by atoms with E-state index in [2.05, 4.69) is 22.9 Å². The van der Waals surface area contributed by atoms with E-state index in [1.165, 1.54) is 12.5 Å². The molecule has 5 rings (SSSR count). The van der Waals surface area contributed by atoms with Crippen LogP contribution in [0.1, 0.15) is 28.4 Å². The lowest BCUT2D eigenvalue weighted by Crippen LogP contribution is -2.41. The van der Waals surface area contributed by atoms with Crippen LogP contribution in [-0.4, -0.2) is 48.1 Å². The third kappa shape index (κ3) is 4.06. The zero-order chi connectivity index (χ0) is 25.4. The summed E-state index contributed by atoms with van der Waals surface area (Å²) in [5.41, 5.74) is 2.04. The lowest BCUT2D eigenvalue weighted by Gasteiger charge is -2.34. The zero-order valence-electron chi connectivity index (χ0n) is 20.4. The van der Waals surface area contributed by atoms with Gasteiger partial charge in [0.2, 0.25) is 0 Å². The van der Waals surface area contributed by atoms with Gasteiger partial charge in [0.15, 0.2) is 11.2 Å². The number of aliphatic carboxylic acids is 1. The number of hydrogen-bond donors (Lipinski definition) is 2. The number of carboxylic acid groups (broad SMARTS) is 1. The van der Waals surface area contributed by atoms with Crippen molar-refractivity contribution >= 4 is 28.3 Å². The number of ether oxygens (including phenoxy) is 2. The number of carbonyl (C=O) groups is 2. The van der Waals surface area contributed by atoms with E-state index in [1.807, 2.05) is 25.2 Å². The van der Waals surface area contributed by atoms with Gasteiger partial charge in [-0.25, -0.2) is 0 Å². The van der Waals surface area contributed by atoms with Crippen molar-refractivity contribution in [3.63, 3.8) is 0 Å². The van der Waals surface area contributed by atoms with Gasteiger partial charge in [0.25, 0.3) is 0 Å². The number of aromatic nitrogens is 1. The fourth-order valence-corrected chi connectivity index (χ4v) is 4.77. The first kappa shape index (κ1) is 23.5. The molecule has 0 bridgehead atoms. The quantitative estimate of drug-likeness (QED) is 0.284. The van der Waals surface area contributed by atoms with Gasteiger partial charge in [0.05, 0.1) is 12.2 Å². The van der Waals surface area contributed by atoms with Crippen molar-refractivity contribution < 1.29 is 24.2 Å². The third-order valence-electron chi connectivity index (χ3n) is 6.86. The molecule has 0 fully saturated rings. The standard InChI is InChI=1S/C29H28N2O5/c1-18-7-12-26-25(15-18)31(3)16-21(36-26)17-35-20-10-8-19(9-11-20)27(32)29(2,28(33)34)23-5-4-6-24-22(23)13-14-30-24/h4-15,21,30H,16-17H2,1-3H3,(H,33,34)/t21-,29?/m0/s1. The van der Waals surface area contributed by atoms with Gasteiger partial charge in [-0.1, -0.05) is 18.2 Å². The van der Waals surface area contributed by atoms with E-state index in [-0.39, 0.29) is 6.10 Å². The second-order valence-electron chi connectivity index (χ2n) is 9.43. The molecule has 0 amide bonds. The van der Waals surface area contributed by atoms with Gasteiger partial charge < -0.3 is 24.5 Å². The smallest absolute Gasteiger partial charge is 0.321 e. The number of likely N-dealkylation sites (N-methyl/N-ethyl adjacent to an activating group) is 1. The highest BCUT2D eigenvalue weighted by Gasteiger charge is 2.44. The normalized spacial score (nSPS) is 16.6. The summed E-state index contributed by atoms with van der Waals surface area (Å²) < 4.78 is 12.0. The molecule has 7 nitrogen and oxygen atoms in total. The summed E-state index contributed by atoms with van der Waals surface area (Å²) in [5.74, 6) is -0.276. The molecule has 2 heterocycles. The largest absolute Gasteiger partial charge is 0.490 e. The van der Waals surface area contributed by atoms with E-state index in [1.54, 1.807) is 48.7 Å². The minimum atomic E-state index is -1.74. The van der Waals surface area contributed by atoms with Crippen LogP contribution in [0.4, 0.5) is 5.69 Å². The molecule has 1 aliphatic heterocycles. The number of carboxylic acids is 1. The van der Waals surface area contributed by atoms with Crippen LogP contribution < -0.4 is 14.4 Å². The molecule has 7 heteroatoms. The summed E-state index contributed by atoms with van der Waals surface area (Å²) in [6.45, 7) is 4.54. The summed E-state index contributed by atoms with van der Waals surface area (Å²) >= 11 is 0. The van der Waals surface area contributed by atoms with E-state index < -0.39 is 17.2 Å². The lowest BCUT2D eigenvalue weighted by atomic mass is 9.75. The van der Waals surface area contributed by atoms with E-state index in [0.29, 0.717) is 35.4 Å². The molecule has 0 spiro atoms. The zero-order valence-corrected chi connectivity index (χ0v) is 20.4. The fraction of sp³-hybridized carbons (Fsp3) is 0.241. The average molecular weight is 485 g/mol. The average Bonchev–Trinajstić information content (AvgIpc) is 3.36. The SMILES string of the molecule is Cc1ccc2c(c1)N(C)C[C@@H](COc1ccc(C(=O)C(C)(C(=O)O)c3cccc4[nH]ccc34)cc1)O2. The van der Waals surface area contributed by atoms with Gasteiger partial charge in [-0.3, -0.25) is 9.59 Å². The van der Waals surface area contributed by atoms with Crippen molar-refractivity contribution in [2.45, 2.75) is 25.4 Å². The molecule has 0 saturated heterocycles. The van der Waals surface area contributed by atoms with Gasteiger partial charge in [-0.2, -0.15) is 0 Å². The van der Waals surface area contributed by atoms with Crippen molar-refractivity contribution in [1.82, 2.24) is 4.98 Å². The molecular weight excluding hydrogens is 456 g/mol. The monoisotopic (exact) mass is 484 g/mol. The molecular formula is C29H28N2O5. The van der Waals surface area contributed by atoms with Crippen molar-refractivity contribution in [2.75, 3.05) is 25.1 Å². The Morgan fingerprint density at radius 3 is 2.67 bits per heavy atom. The Balaban J connectivity index is 1.31. The summed E-state index contributed by atoms with van der Waals surface area (Å²) in [6, 6.07) is 19.8. The Kier molecular flexibility index (Phi) is 5.92. The summed E-state index contributed by atoms with van der Waals surface area (Å²) in [7, 11) is 2.03. The Morgan fingerprint density at radius 1 is 1.14 bits per heavy atom. The number of aryl methyl sites for hydroxylation is 1. The Morgan fingerprint density at radius 2 is 1.92 bits per heavy atom. The molecule has 2 N–H and O–H groups in total. The maximum Gasteiger partial charge on any atom is 0.321 e. The molecule has 0 aliphatic carbocycles. The number of nitrogens with zero attached hydrogens (tertiary/aromatic N) is 1. The van der Waals surface area contributed by atoms with Crippen molar-refractivity contribution in [3.8, 4) is 11.5 Å². The summed E-state index contributed by atoms with van der Waals surface area (Å²) in [5, 5.41) is 10.8. The maximum atomic E-state index is 13.5. The number of H-pyrrole nitrogens is 1. The minimum Gasteiger partial charge on any atom is -0.490 e. The number of benzene rings is 3. The first-order valence-corrected chi connectivity index (χ1v) is 11.8. The van der Waals surface area contributed by atoms with Crippen LogP contribution in [-0.2, 0) is 10.2 Å². The second kappa shape index (κ2) is 9.07. The Hall–Kier alpha value is -4.26. The molecule has 4 aromatic rings. The Labute approximate surface area is 209 Å². The van der Waals surface area contributed by atoms with Crippen LogP contribution in [0.3, 0.4) is 0 Å². The van der Waals surface area contributed by atoms with Crippen LogP contribution in [0.15, 0.2) is 72.9 Å². The van der Waals surface area contributed by atoms with Crippen LogP contribution in [0.25, 0.3) is 10.9 Å². The minimum absolute atomic E-state index is 0.149. The summed E-state index contributed by atoms with van der Waals surface area (Å²) in [6.07, 6.45) is 1.59. The maximum absolute atomic E-state index is 13.5. The molecule has 36 heavy (non-hydrogen) atoms. The molecule has 1 unspecified atom stereocenters. The van der Waals surface area contributed by atoms with Gasteiger partial charge in [0, 0.05) is 29.7 Å².